The van der Waals surface area contributed by atoms with E-state index >= 15 is 0 Å². The molecule has 5 nitrogen and oxygen atoms in total. The second-order valence-electron chi connectivity index (χ2n) is 4.66. The van der Waals surface area contributed by atoms with E-state index < -0.39 is 0 Å². The van der Waals surface area contributed by atoms with E-state index in [4.69, 9.17) is 21.6 Å². The fraction of sp³-hybridized carbons (Fsp3) is 0.118. The number of benzene rings is 2. The summed E-state index contributed by atoms with van der Waals surface area (Å²) in [5.74, 6) is 0.185. The lowest BCUT2D eigenvalue weighted by atomic mass is 10.1. The Morgan fingerprint density at radius 1 is 1.22 bits per heavy atom. The minimum Gasteiger partial charge on any atom is -0.484 e. The van der Waals surface area contributed by atoms with Gasteiger partial charge in [-0.25, -0.2) is 5.43 Å². The van der Waals surface area contributed by atoms with Crippen molar-refractivity contribution in [2.24, 2.45) is 5.10 Å². The van der Waals surface area contributed by atoms with Crippen molar-refractivity contribution < 1.29 is 9.53 Å². The van der Waals surface area contributed by atoms with Gasteiger partial charge in [0, 0.05) is 5.02 Å². The van der Waals surface area contributed by atoms with E-state index in [-0.39, 0.29) is 12.5 Å². The maximum absolute atomic E-state index is 11.7. The molecule has 0 heterocycles. The van der Waals surface area contributed by atoms with Crippen LogP contribution in [-0.4, -0.2) is 18.2 Å². The van der Waals surface area contributed by atoms with E-state index in [0.717, 1.165) is 5.56 Å². The number of hydrogen-bond donors (Lipinski definition) is 1. The molecule has 0 atom stereocenters. The van der Waals surface area contributed by atoms with Gasteiger partial charge in [0.05, 0.1) is 17.3 Å². The van der Waals surface area contributed by atoms with E-state index in [2.05, 4.69) is 10.5 Å². The maximum Gasteiger partial charge on any atom is 0.277 e. The largest absolute Gasteiger partial charge is 0.484 e. The molecule has 2 rings (SSSR count). The highest BCUT2D eigenvalue weighted by molar-refractivity contribution is 6.30. The molecule has 1 amide bonds. The molecule has 2 aromatic carbocycles. The summed E-state index contributed by atoms with van der Waals surface area (Å²) in [6.45, 7) is 1.62. The Kier molecular flexibility index (Phi) is 5.73. The number of nitrogens with zero attached hydrogens (tertiary/aromatic N) is 2. The Morgan fingerprint density at radius 2 is 1.87 bits per heavy atom. The molecule has 0 aliphatic heterocycles. The summed E-state index contributed by atoms with van der Waals surface area (Å²) >= 11 is 5.77. The van der Waals surface area contributed by atoms with Crippen LogP contribution < -0.4 is 10.2 Å². The van der Waals surface area contributed by atoms with Crippen LogP contribution in [0.2, 0.25) is 5.02 Å². The van der Waals surface area contributed by atoms with Gasteiger partial charge in [0.2, 0.25) is 0 Å². The average Bonchev–Trinajstić information content (AvgIpc) is 2.59. The molecular formula is C17H14ClN3O2. The molecule has 23 heavy (non-hydrogen) atoms. The number of hydrazone groups is 1. The van der Waals surface area contributed by atoms with Crippen molar-refractivity contribution in [3.63, 3.8) is 0 Å². The standard InChI is InChI=1S/C17H14ClN3O2/c1-12(14-4-2-13(10-19)3-5-14)20-21-17(22)11-23-16-8-6-15(18)7-9-16/h2-9H,11H2,1H3,(H,21,22)/b20-12+. The number of carbonyl (C=O) groups is 1. The van der Waals surface area contributed by atoms with Crippen LogP contribution in [0.25, 0.3) is 0 Å². The molecule has 0 bridgehead atoms. The van der Waals surface area contributed by atoms with Gasteiger partial charge in [-0.2, -0.15) is 10.4 Å². The van der Waals surface area contributed by atoms with Crippen molar-refractivity contribution in [2.75, 3.05) is 6.61 Å². The minimum atomic E-state index is -0.368. The second-order valence-corrected chi connectivity index (χ2v) is 5.10. The summed E-state index contributed by atoms with van der Waals surface area (Å²) in [5, 5.41) is 13.4. The zero-order chi connectivity index (χ0) is 16.7. The van der Waals surface area contributed by atoms with Crippen molar-refractivity contribution in [1.29, 1.82) is 5.26 Å². The normalized spacial score (nSPS) is 10.7. The highest BCUT2D eigenvalue weighted by Crippen LogP contribution is 2.15. The minimum absolute atomic E-state index is 0.147. The average molecular weight is 328 g/mol. The van der Waals surface area contributed by atoms with Crippen molar-refractivity contribution in [2.45, 2.75) is 6.92 Å². The number of rotatable bonds is 5. The summed E-state index contributed by atoms with van der Waals surface area (Å²) in [6.07, 6.45) is 0. The second kappa shape index (κ2) is 7.97. The lowest BCUT2D eigenvalue weighted by molar-refractivity contribution is -0.123. The number of amides is 1. The Morgan fingerprint density at radius 3 is 2.48 bits per heavy atom. The van der Waals surface area contributed by atoms with E-state index in [9.17, 15) is 4.79 Å². The van der Waals surface area contributed by atoms with Crippen LogP contribution in [0.15, 0.2) is 53.6 Å². The Balaban J connectivity index is 1.86. The number of nitrogens with one attached hydrogen (secondary N) is 1. The zero-order valence-corrected chi connectivity index (χ0v) is 13.2. The van der Waals surface area contributed by atoms with E-state index in [1.165, 1.54) is 0 Å². The van der Waals surface area contributed by atoms with E-state index in [1.54, 1.807) is 55.5 Å². The third-order valence-electron chi connectivity index (χ3n) is 2.96. The molecule has 0 unspecified atom stereocenters. The molecule has 0 aliphatic carbocycles. The van der Waals surface area contributed by atoms with E-state index in [1.807, 2.05) is 6.07 Å². The van der Waals surface area contributed by atoms with Gasteiger partial charge >= 0.3 is 0 Å². The van der Waals surface area contributed by atoms with Gasteiger partial charge in [-0.1, -0.05) is 23.7 Å². The first-order valence-electron chi connectivity index (χ1n) is 6.80. The smallest absolute Gasteiger partial charge is 0.277 e. The van der Waals surface area contributed by atoms with Crippen molar-refractivity contribution in [3.8, 4) is 11.8 Å². The van der Waals surface area contributed by atoms with Crippen molar-refractivity contribution in [3.05, 3.63) is 64.7 Å². The zero-order valence-electron chi connectivity index (χ0n) is 12.4. The fourth-order valence-electron chi connectivity index (χ4n) is 1.71. The van der Waals surface area contributed by atoms with Gasteiger partial charge in [-0.15, -0.1) is 0 Å². The highest BCUT2D eigenvalue weighted by atomic mass is 35.5. The molecule has 0 saturated heterocycles. The first-order valence-corrected chi connectivity index (χ1v) is 7.18. The van der Waals surface area contributed by atoms with Gasteiger partial charge in [-0.3, -0.25) is 4.79 Å². The number of halogens is 1. The molecule has 0 fully saturated rings. The van der Waals surface area contributed by atoms with Crippen LogP contribution in [0.4, 0.5) is 0 Å². The first-order chi connectivity index (χ1) is 11.1. The molecule has 2 aromatic rings. The van der Waals surface area contributed by atoms with Gasteiger partial charge < -0.3 is 4.74 Å². The summed E-state index contributed by atoms with van der Waals surface area (Å²) < 4.78 is 5.32. The predicted octanol–water partition coefficient (Wildman–Crippen LogP) is 3.13. The first kappa shape index (κ1) is 16.5. The third kappa shape index (κ3) is 5.13. The number of nitriles is 1. The van der Waals surface area contributed by atoms with Gasteiger partial charge in [-0.05, 0) is 48.9 Å². The van der Waals surface area contributed by atoms with Crippen LogP contribution in [0.5, 0.6) is 5.75 Å². The Bertz CT molecular complexity index is 747. The number of ether oxygens (including phenoxy) is 1. The summed E-state index contributed by atoms with van der Waals surface area (Å²) in [6, 6.07) is 15.7. The topological polar surface area (TPSA) is 74.5 Å². The van der Waals surface area contributed by atoms with Crippen molar-refractivity contribution >= 4 is 23.2 Å². The van der Waals surface area contributed by atoms with Crippen LogP contribution in [0.3, 0.4) is 0 Å². The molecule has 1 N–H and O–H groups in total. The van der Waals surface area contributed by atoms with Crippen molar-refractivity contribution in [1.82, 2.24) is 5.43 Å². The maximum atomic E-state index is 11.7. The summed E-state index contributed by atoms with van der Waals surface area (Å²) in [5.41, 5.74) is 4.45. The Labute approximate surface area is 139 Å². The SMILES string of the molecule is C/C(=N\NC(=O)COc1ccc(Cl)cc1)c1ccc(C#N)cc1. The predicted molar refractivity (Wildman–Crippen MR) is 88.5 cm³/mol. The number of hydrogen-bond acceptors (Lipinski definition) is 4. The summed E-state index contributed by atoms with van der Waals surface area (Å²) in [7, 11) is 0. The monoisotopic (exact) mass is 327 g/mol. The van der Waals surface area contributed by atoms with Crippen LogP contribution in [-0.2, 0) is 4.79 Å². The molecule has 0 spiro atoms. The molecule has 6 heteroatoms. The molecular weight excluding hydrogens is 314 g/mol. The highest BCUT2D eigenvalue weighted by Gasteiger charge is 2.03. The molecule has 0 aliphatic rings. The quantitative estimate of drug-likeness (QED) is 0.677. The van der Waals surface area contributed by atoms with Crippen LogP contribution in [0.1, 0.15) is 18.1 Å². The van der Waals surface area contributed by atoms with Gasteiger partial charge in [0.25, 0.3) is 5.91 Å². The van der Waals surface area contributed by atoms with Crippen LogP contribution in [0, 0.1) is 11.3 Å². The van der Waals surface area contributed by atoms with E-state index in [0.29, 0.717) is 22.0 Å². The molecule has 0 aromatic heterocycles. The lowest BCUT2D eigenvalue weighted by Crippen LogP contribution is -2.25. The fourth-order valence-corrected chi connectivity index (χ4v) is 1.83. The van der Waals surface area contributed by atoms with Gasteiger partial charge in [0.15, 0.2) is 6.61 Å². The molecule has 0 saturated carbocycles. The van der Waals surface area contributed by atoms with Gasteiger partial charge in [0.1, 0.15) is 5.75 Å². The molecule has 0 radical (unpaired) electrons. The van der Waals surface area contributed by atoms with Crippen LogP contribution >= 0.6 is 11.6 Å². The summed E-state index contributed by atoms with van der Waals surface area (Å²) in [4.78, 5) is 11.7. The molecule has 116 valence electrons. The Hall–Kier alpha value is -2.84. The third-order valence-corrected chi connectivity index (χ3v) is 3.22. The number of carbonyl (C=O) groups excluding carboxylic acids is 1. The lowest BCUT2D eigenvalue weighted by Gasteiger charge is -2.06.